The molecular formula is C20H20Cl2N2O3. The molecule has 0 aromatic heterocycles. The number of halogens is 2. The van der Waals surface area contributed by atoms with Gasteiger partial charge in [0.05, 0.1) is 10.0 Å². The summed E-state index contributed by atoms with van der Waals surface area (Å²) >= 11 is 12.0. The van der Waals surface area contributed by atoms with Crippen molar-refractivity contribution in [2.75, 3.05) is 26.2 Å². The van der Waals surface area contributed by atoms with Crippen LogP contribution in [0.4, 0.5) is 0 Å². The molecule has 1 amide bonds. The number of hydrogen-bond acceptors (Lipinski definition) is 4. The van der Waals surface area contributed by atoms with Gasteiger partial charge in [-0.2, -0.15) is 0 Å². The number of nitrogens with zero attached hydrogens (tertiary/aromatic N) is 2. The van der Waals surface area contributed by atoms with Gasteiger partial charge in [-0.3, -0.25) is 9.69 Å². The van der Waals surface area contributed by atoms with Crippen molar-refractivity contribution in [3.8, 4) is 11.5 Å². The Bertz CT molecular complexity index is 862. The lowest BCUT2D eigenvalue weighted by Crippen LogP contribution is -2.47. The fourth-order valence-corrected chi connectivity index (χ4v) is 3.26. The molecule has 0 aliphatic carbocycles. The molecule has 2 aromatic carbocycles. The van der Waals surface area contributed by atoms with E-state index in [1.165, 1.54) is 18.2 Å². The largest absolute Gasteiger partial charge is 0.504 e. The van der Waals surface area contributed by atoms with Gasteiger partial charge in [-0.25, -0.2) is 0 Å². The lowest BCUT2D eigenvalue weighted by Gasteiger charge is -2.34. The molecule has 1 aliphatic rings. The first-order valence-electron chi connectivity index (χ1n) is 8.57. The highest BCUT2D eigenvalue weighted by atomic mass is 35.5. The number of rotatable bonds is 4. The molecule has 0 saturated carbocycles. The Kier molecular flexibility index (Phi) is 6.26. The molecule has 27 heavy (non-hydrogen) atoms. The maximum atomic E-state index is 12.3. The number of aromatic hydroxyl groups is 2. The molecule has 0 unspecified atom stereocenters. The molecule has 7 heteroatoms. The number of phenolic OH excluding ortho intramolecular Hbond substituents is 2. The summed E-state index contributed by atoms with van der Waals surface area (Å²) in [6.07, 6.45) is 3.12. The first-order chi connectivity index (χ1) is 12.9. The minimum atomic E-state index is -0.208. The van der Waals surface area contributed by atoms with E-state index in [-0.39, 0.29) is 17.4 Å². The smallest absolute Gasteiger partial charge is 0.246 e. The highest BCUT2D eigenvalue weighted by Gasteiger charge is 2.19. The average Bonchev–Trinajstić information content (AvgIpc) is 2.66. The molecule has 0 radical (unpaired) electrons. The summed E-state index contributed by atoms with van der Waals surface area (Å²) in [5.41, 5.74) is 1.74. The quantitative estimate of drug-likeness (QED) is 0.599. The molecule has 1 heterocycles. The van der Waals surface area contributed by atoms with Crippen LogP contribution in [-0.4, -0.2) is 52.1 Å². The number of carbonyl (C=O) groups excluding carboxylic acids is 1. The van der Waals surface area contributed by atoms with E-state index >= 15 is 0 Å². The molecule has 2 aromatic rings. The Labute approximate surface area is 168 Å². The van der Waals surface area contributed by atoms with E-state index in [9.17, 15) is 15.0 Å². The minimum Gasteiger partial charge on any atom is -0.504 e. The van der Waals surface area contributed by atoms with Crippen LogP contribution in [0.5, 0.6) is 11.5 Å². The topological polar surface area (TPSA) is 64.0 Å². The first-order valence-corrected chi connectivity index (χ1v) is 9.33. The molecule has 0 atom stereocenters. The second kappa shape index (κ2) is 8.65. The van der Waals surface area contributed by atoms with Crippen molar-refractivity contribution in [3.05, 3.63) is 63.6 Å². The van der Waals surface area contributed by atoms with Crippen LogP contribution in [0.1, 0.15) is 11.1 Å². The molecule has 142 valence electrons. The third-order valence-corrected chi connectivity index (χ3v) is 5.23. The van der Waals surface area contributed by atoms with Gasteiger partial charge in [-0.1, -0.05) is 35.3 Å². The predicted molar refractivity (Wildman–Crippen MR) is 107 cm³/mol. The molecule has 1 aliphatic heterocycles. The highest BCUT2D eigenvalue weighted by Crippen LogP contribution is 2.25. The van der Waals surface area contributed by atoms with E-state index < -0.39 is 0 Å². The van der Waals surface area contributed by atoms with Crippen molar-refractivity contribution in [1.82, 2.24) is 9.80 Å². The second-order valence-electron chi connectivity index (χ2n) is 6.43. The number of hydrogen-bond donors (Lipinski definition) is 2. The van der Waals surface area contributed by atoms with E-state index in [4.69, 9.17) is 23.2 Å². The van der Waals surface area contributed by atoms with Gasteiger partial charge >= 0.3 is 0 Å². The van der Waals surface area contributed by atoms with E-state index in [2.05, 4.69) is 4.90 Å². The van der Waals surface area contributed by atoms with Crippen molar-refractivity contribution in [3.63, 3.8) is 0 Å². The number of piperazine rings is 1. The fraction of sp³-hybridized carbons (Fsp3) is 0.250. The van der Waals surface area contributed by atoms with E-state index in [0.717, 1.165) is 25.2 Å². The van der Waals surface area contributed by atoms with Crippen molar-refractivity contribution < 1.29 is 15.0 Å². The second-order valence-corrected chi connectivity index (χ2v) is 7.25. The molecule has 1 saturated heterocycles. The van der Waals surface area contributed by atoms with Crippen LogP contribution in [0.2, 0.25) is 10.0 Å². The lowest BCUT2D eigenvalue weighted by molar-refractivity contribution is -0.127. The maximum absolute atomic E-state index is 12.3. The van der Waals surface area contributed by atoms with E-state index in [1.54, 1.807) is 23.1 Å². The van der Waals surface area contributed by atoms with Gasteiger partial charge < -0.3 is 15.1 Å². The summed E-state index contributed by atoms with van der Waals surface area (Å²) in [5.74, 6) is -0.464. The van der Waals surface area contributed by atoms with Crippen LogP contribution in [0.25, 0.3) is 6.08 Å². The Morgan fingerprint density at radius 2 is 1.70 bits per heavy atom. The van der Waals surface area contributed by atoms with Gasteiger partial charge in [0.1, 0.15) is 0 Å². The Hall–Kier alpha value is -2.21. The zero-order valence-corrected chi connectivity index (χ0v) is 16.1. The van der Waals surface area contributed by atoms with Gasteiger partial charge in [-0.05, 0) is 41.5 Å². The molecule has 3 rings (SSSR count). The number of amides is 1. The van der Waals surface area contributed by atoms with Crippen molar-refractivity contribution >= 4 is 35.2 Å². The normalized spacial score (nSPS) is 15.4. The molecule has 2 N–H and O–H groups in total. The van der Waals surface area contributed by atoms with Crippen molar-refractivity contribution in [2.24, 2.45) is 0 Å². The van der Waals surface area contributed by atoms with E-state index in [0.29, 0.717) is 28.7 Å². The lowest BCUT2D eigenvalue weighted by atomic mass is 10.1. The first kappa shape index (κ1) is 19.5. The standard InChI is InChI=1S/C20H20Cl2N2O3/c21-16-4-1-15(11-17(16)22)13-23-7-9-24(10-8-23)20(27)6-3-14-2-5-18(25)19(26)12-14/h1-6,11-12,25-26H,7-10,13H2/b6-3+. The monoisotopic (exact) mass is 406 g/mol. The van der Waals surface area contributed by atoms with Gasteiger partial charge in [-0.15, -0.1) is 0 Å². The zero-order valence-electron chi connectivity index (χ0n) is 14.6. The third kappa shape index (κ3) is 5.16. The summed E-state index contributed by atoms with van der Waals surface area (Å²) < 4.78 is 0. The van der Waals surface area contributed by atoms with Crippen LogP contribution in [0.15, 0.2) is 42.5 Å². The number of phenols is 2. The Morgan fingerprint density at radius 1 is 0.963 bits per heavy atom. The van der Waals surface area contributed by atoms with Crippen LogP contribution in [0.3, 0.4) is 0 Å². The maximum Gasteiger partial charge on any atom is 0.246 e. The number of benzene rings is 2. The molecule has 0 spiro atoms. The summed E-state index contributed by atoms with van der Waals surface area (Å²) in [5, 5.41) is 19.9. The summed E-state index contributed by atoms with van der Waals surface area (Å²) in [4.78, 5) is 16.4. The summed E-state index contributed by atoms with van der Waals surface area (Å²) in [6, 6.07) is 10.1. The SMILES string of the molecule is O=C(/C=C/c1ccc(O)c(O)c1)N1CCN(Cc2ccc(Cl)c(Cl)c2)CC1. The van der Waals surface area contributed by atoms with Gasteiger partial charge in [0, 0.05) is 38.8 Å². The fourth-order valence-electron chi connectivity index (χ4n) is 2.94. The molecular weight excluding hydrogens is 387 g/mol. The summed E-state index contributed by atoms with van der Waals surface area (Å²) in [6.45, 7) is 3.61. The van der Waals surface area contributed by atoms with Crippen LogP contribution in [-0.2, 0) is 11.3 Å². The average molecular weight is 407 g/mol. The van der Waals surface area contributed by atoms with Gasteiger partial charge in [0.15, 0.2) is 11.5 Å². The van der Waals surface area contributed by atoms with E-state index in [1.807, 2.05) is 12.1 Å². The third-order valence-electron chi connectivity index (χ3n) is 4.49. The predicted octanol–water partition coefficient (Wildman–Crippen LogP) is 3.76. The Balaban J connectivity index is 1.52. The minimum absolute atomic E-state index is 0.0725. The molecule has 0 bridgehead atoms. The van der Waals surface area contributed by atoms with Crippen LogP contribution in [0, 0.1) is 0 Å². The number of carbonyl (C=O) groups is 1. The zero-order chi connectivity index (χ0) is 19.4. The van der Waals surface area contributed by atoms with Gasteiger partial charge in [0.25, 0.3) is 0 Å². The Morgan fingerprint density at radius 3 is 2.37 bits per heavy atom. The van der Waals surface area contributed by atoms with Crippen LogP contribution < -0.4 is 0 Å². The van der Waals surface area contributed by atoms with Crippen LogP contribution >= 0.6 is 23.2 Å². The van der Waals surface area contributed by atoms with Crippen molar-refractivity contribution in [2.45, 2.75) is 6.54 Å². The highest BCUT2D eigenvalue weighted by molar-refractivity contribution is 6.42. The molecule has 1 fully saturated rings. The van der Waals surface area contributed by atoms with Crippen molar-refractivity contribution in [1.29, 1.82) is 0 Å². The summed E-state index contributed by atoms with van der Waals surface area (Å²) in [7, 11) is 0. The van der Waals surface area contributed by atoms with Gasteiger partial charge in [0.2, 0.25) is 5.91 Å². The molecule has 5 nitrogen and oxygen atoms in total.